The zero-order valence-electron chi connectivity index (χ0n) is 9.59. The average molecular weight is 348 g/mol. The van der Waals surface area contributed by atoms with Gasteiger partial charge in [0.1, 0.15) is 5.78 Å². The fourth-order valence-corrected chi connectivity index (χ4v) is 2.91. The molecule has 0 aliphatic rings. The van der Waals surface area contributed by atoms with E-state index in [4.69, 9.17) is 0 Å². The Kier molecular flexibility index (Phi) is 5.70. The molecule has 1 nitrogen and oxygen atoms in total. The maximum Gasteiger partial charge on any atom is 0.146 e. The van der Waals surface area contributed by atoms with Crippen molar-refractivity contribution in [2.24, 2.45) is 0 Å². The van der Waals surface area contributed by atoms with E-state index in [1.807, 2.05) is 6.92 Å². The Morgan fingerprint density at radius 2 is 2.06 bits per heavy atom. The molecule has 0 saturated carbocycles. The summed E-state index contributed by atoms with van der Waals surface area (Å²) in [6.07, 6.45) is 2.33. The summed E-state index contributed by atoms with van der Waals surface area (Å²) in [4.78, 5) is 11.6. The number of carbonyl (C=O) groups is 1. The molecule has 1 aromatic rings. The molecule has 1 rings (SSSR count). The first-order valence-electron chi connectivity index (χ1n) is 5.45. The number of hydrogen-bond donors (Lipinski definition) is 0. The van der Waals surface area contributed by atoms with E-state index in [0.29, 0.717) is 12.2 Å². The molecule has 1 atom stereocenters. The Morgan fingerprint density at radius 1 is 1.38 bits per heavy atom. The highest BCUT2D eigenvalue weighted by Gasteiger charge is 2.14. The van der Waals surface area contributed by atoms with Gasteiger partial charge in [-0.3, -0.25) is 4.79 Å². The van der Waals surface area contributed by atoms with Gasteiger partial charge in [-0.1, -0.05) is 44.8 Å². The molecule has 0 aliphatic carbocycles. The monoisotopic (exact) mass is 346 g/mol. The number of rotatable bonds is 5. The predicted molar refractivity (Wildman–Crippen MR) is 75.2 cm³/mol. The van der Waals surface area contributed by atoms with Crippen LogP contribution in [0.25, 0.3) is 0 Å². The molecule has 0 aliphatic heterocycles. The largest absolute Gasteiger partial charge is 0.298 e. The third kappa shape index (κ3) is 4.38. The summed E-state index contributed by atoms with van der Waals surface area (Å²) in [5.41, 5.74) is 2.41. The first-order valence-corrected chi connectivity index (χ1v) is 7.16. The Hall–Kier alpha value is -0.150. The molecule has 1 aromatic carbocycles. The van der Waals surface area contributed by atoms with Gasteiger partial charge in [-0.15, -0.1) is 0 Å². The highest BCUT2D eigenvalue weighted by Crippen LogP contribution is 2.19. The van der Waals surface area contributed by atoms with Gasteiger partial charge >= 0.3 is 0 Å². The standard InChI is InChI=1S/C13H16Br2O/c1-3-4-13(16)12(15)8-10-5-9(2)6-11(14)7-10/h5-7,12H,3-4,8H2,1-2H3. The van der Waals surface area contributed by atoms with Crippen LogP contribution in [0.3, 0.4) is 0 Å². The third-order valence-corrected chi connectivity index (χ3v) is 3.65. The Balaban J connectivity index is 2.69. The number of aryl methyl sites for hydroxylation is 1. The van der Waals surface area contributed by atoms with Crippen LogP contribution in [0.4, 0.5) is 0 Å². The van der Waals surface area contributed by atoms with E-state index in [2.05, 4.69) is 57.0 Å². The van der Waals surface area contributed by atoms with Crippen LogP contribution < -0.4 is 0 Å². The van der Waals surface area contributed by atoms with Gasteiger partial charge in [0.15, 0.2) is 0 Å². The van der Waals surface area contributed by atoms with E-state index in [-0.39, 0.29) is 4.83 Å². The first kappa shape index (κ1) is 13.9. The molecule has 0 heterocycles. The molecule has 1 unspecified atom stereocenters. The van der Waals surface area contributed by atoms with E-state index in [1.165, 1.54) is 11.1 Å². The van der Waals surface area contributed by atoms with Crippen molar-refractivity contribution in [2.45, 2.75) is 37.9 Å². The minimum atomic E-state index is -0.0545. The number of Topliss-reactive ketones (excluding diaryl/α,β-unsaturated/α-hetero) is 1. The highest BCUT2D eigenvalue weighted by molar-refractivity contribution is 9.10. The molecule has 0 bridgehead atoms. The molecule has 88 valence electrons. The van der Waals surface area contributed by atoms with Gasteiger partial charge < -0.3 is 0 Å². The number of halogens is 2. The van der Waals surface area contributed by atoms with Crippen molar-refractivity contribution in [3.63, 3.8) is 0 Å². The molecule has 0 aromatic heterocycles. The van der Waals surface area contributed by atoms with Crippen LogP contribution in [0, 0.1) is 6.92 Å². The summed E-state index contributed by atoms with van der Waals surface area (Å²) in [6, 6.07) is 6.26. The smallest absolute Gasteiger partial charge is 0.146 e. The fourth-order valence-electron chi connectivity index (χ4n) is 1.65. The van der Waals surface area contributed by atoms with Gasteiger partial charge in [-0.2, -0.15) is 0 Å². The average Bonchev–Trinajstić information content (AvgIpc) is 2.16. The minimum absolute atomic E-state index is 0.0545. The van der Waals surface area contributed by atoms with Crippen LogP contribution in [0.2, 0.25) is 0 Å². The Morgan fingerprint density at radius 3 is 2.62 bits per heavy atom. The van der Waals surface area contributed by atoms with Crippen molar-refractivity contribution in [3.8, 4) is 0 Å². The lowest BCUT2D eigenvalue weighted by Crippen LogP contribution is -2.16. The van der Waals surface area contributed by atoms with Gasteiger partial charge in [0.05, 0.1) is 4.83 Å². The lowest BCUT2D eigenvalue weighted by atomic mass is 10.0. The van der Waals surface area contributed by atoms with Crippen LogP contribution in [0.1, 0.15) is 30.9 Å². The molecular formula is C13H16Br2O. The second-order valence-electron chi connectivity index (χ2n) is 4.02. The maximum atomic E-state index is 11.7. The zero-order chi connectivity index (χ0) is 12.1. The van der Waals surface area contributed by atoms with Crippen molar-refractivity contribution in [1.29, 1.82) is 0 Å². The van der Waals surface area contributed by atoms with Crippen molar-refractivity contribution in [1.82, 2.24) is 0 Å². The summed E-state index contributed by atoms with van der Waals surface area (Å²) < 4.78 is 1.07. The summed E-state index contributed by atoms with van der Waals surface area (Å²) in [5, 5.41) is 0. The molecular weight excluding hydrogens is 332 g/mol. The molecule has 0 amide bonds. The summed E-state index contributed by atoms with van der Waals surface area (Å²) in [6.45, 7) is 4.09. The SMILES string of the molecule is CCCC(=O)C(Br)Cc1cc(C)cc(Br)c1. The Bertz CT molecular complexity index is 354. The van der Waals surface area contributed by atoms with Gasteiger partial charge in [-0.05, 0) is 43.0 Å². The third-order valence-electron chi connectivity index (χ3n) is 2.36. The maximum absolute atomic E-state index is 11.7. The number of hydrogen-bond acceptors (Lipinski definition) is 1. The minimum Gasteiger partial charge on any atom is -0.298 e. The molecule has 0 radical (unpaired) electrons. The second kappa shape index (κ2) is 6.55. The number of carbonyl (C=O) groups excluding carboxylic acids is 1. The van der Waals surface area contributed by atoms with Crippen LogP contribution in [-0.2, 0) is 11.2 Å². The molecule has 16 heavy (non-hydrogen) atoms. The van der Waals surface area contributed by atoms with E-state index in [1.54, 1.807) is 0 Å². The fraction of sp³-hybridized carbons (Fsp3) is 0.462. The number of alkyl halides is 1. The number of ketones is 1. The van der Waals surface area contributed by atoms with Gasteiger partial charge in [0, 0.05) is 10.9 Å². The van der Waals surface area contributed by atoms with Gasteiger partial charge in [-0.25, -0.2) is 0 Å². The van der Waals surface area contributed by atoms with Crippen LogP contribution in [0.15, 0.2) is 22.7 Å². The van der Waals surface area contributed by atoms with Crippen molar-refractivity contribution in [3.05, 3.63) is 33.8 Å². The second-order valence-corrected chi connectivity index (χ2v) is 6.05. The Labute approximate surface area is 114 Å². The van der Waals surface area contributed by atoms with Crippen molar-refractivity contribution >= 4 is 37.6 Å². The molecule has 0 saturated heterocycles. The zero-order valence-corrected chi connectivity index (χ0v) is 12.8. The quantitative estimate of drug-likeness (QED) is 0.720. The van der Waals surface area contributed by atoms with Crippen molar-refractivity contribution < 1.29 is 4.79 Å². The van der Waals surface area contributed by atoms with Gasteiger partial charge in [0.2, 0.25) is 0 Å². The van der Waals surface area contributed by atoms with E-state index >= 15 is 0 Å². The topological polar surface area (TPSA) is 17.1 Å². The normalized spacial score (nSPS) is 12.5. The lowest BCUT2D eigenvalue weighted by molar-refractivity contribution is -0.118. The summed E-state index contributed by atoms with van der Waals surface area (Å²) in [7, 11) is 0. The molecule has 0 spiro atoms. The van der Waals surface area contributed by atoms with E-state index < -0.39 is 0 Å². The van der Waals surface area contributed by atoms with E-state index in [9.17, 15) is 4.79 Å². The first-order chi connectivity index (χ1) is 7.52. The highest BCUT2D eigenvalue weighted by atomic mass is 79.9. The molecule has 3 heteroatoms. The van der Waals surface area contributed by atoms with Gasteiger partial charge in [0.25, 0.3) is 0 Å². The summed E-state index contributed by atoms with van der Waals surface area (Å²) >= 11 is 6.94. The van der Waals surface area contributed by atoms with Crippen LogP contribution in [0.5, 0.6) is 0 Å². The van der Waals surface area contributed by atoms with E-state index in [0.717, 1.165) is 17.3 Å². The molecule has 0 fully saturated rings. The van der Waals surface area contributed by atoms with Crippen LogP contribution in [-0.4, -0.2) is 10.6 Å². The lowest BCUT2D eigenvalue weighted by Gasteiger charge is -2.09. The number of benzene rings is 1. The van der Waals surface area contributed by atoms with Crippen LogP contribution >= 0.6 is 31.9 Å². The van der Waals surface area contributed by atoms with Crippen molar-refractivity contribution in [2.75, 3.05) is 0 Å². The predicted octanol–water partition coefficient (Wildman–Crippen LogP) is 4.43. The summed E-state index contributed by atoms with van der Waals surface area (Å²) in [5.74, 6) is 0.292. The molecule has 0 N–H and O–H groups in total.